The fourth-order valence-corrected chi connectivity index (χ4v) is 2.52. The Labute approximate surface area is 122 Å². The van der Waals surface area contributed by atoms with Crippen molar-refractivity contribution in [1.82, 2.24) is 0 Å². The lowest BCUT2D eigenvalue weighted by molar-refractivity contribution is 0.479. The third-order valence-electron chi connectivity index (χ3n) is 2.29. The van der Waals surface area contributed by atoms with Gasteiger partial charge in [0.1, 0.15) is 17.3 Å². The number of halogens is 2. The lowest BCUT2D eigenvalue weighted by atomic mass is 10.2. The first-order valence-electron chi connectivity index (χ1n) is 5.13. The third-order valence-corrected chi connectivity index (χ3v) is 3.40. The van der Waals surface area contributed by atoms with Gasteiger partial charge in [-0.3, -0.25) is 5.41 Å². The Morgan fingerprint density at radius 1 is 1.06 bits per heavy atom. The highest BCUT2D eigenvalue weighted by atomic mass is 79.9. The monoisotopic (exact) mass is 368 g/mol. The molecule has 3 N–H and O–H groups in total. The number of amidine groups is 1. The number of hydrogen-bond donors (Lipinski definition) is 2. The highest BCUT2D eigenvalue weighted by Gasteiger charge is 2.04. The molecule has 2 aromatic carbocycles. The lowest BCUT2D eigenvalue weighted by Gasteiger charge is -2.08. The molecule has 0 spiro atoms. The van der Waals surface area contributed by atoms with Gasteiger partial charge in [0.2, 0.25) is 0 Å². The van der Waals surface area contributed by atoms with Gasteiger partial charge in [-0.1, -0.05) is 15.9 Å². The van der Waals surface area contributed by atoms with Gasteiger partial charge in [0.05, 0.1) is 4.47 Å². The Morgan fingerprint density at radius 3 is 2.28 bits per heavy atom. The molecular weight excluding hydrogens is 360 g/mol. The van der Waals surface area contributed by atoms with Crippen LogP contribution in [0.2, 0.25) is 0 Å². The van der Waals surface area contributed by atoms with Gasteiger partial charge in [0.25, 0.3) is 0 Å². The van der Waals surface area contributed by atoms with Crippen LogP contribution in [0, 0.1) is 5.41 Å². The number of benzene rings is 2. The minimum Gasteiger partial charge on any atom is -0.456 e. The summed E-state index contributed by atoms with van der Waals surface area (Å²) in [5, 5.41) is 7.31. The molecular formula is C13H10Br2N2O. The van der Waals surface area contributed by atoms with Crippen LogP contribution >= 0.6 is 31.9 Å². The summed E-state index contributed by atoms with van der Waals surface area (Å²) in [6.07, 6.45) is 0. The summed E-state index contributed by atoms with van der Waals surface area (Å²) >= 11 is 6.82. The smallest absolute Gasteiger partial charge is 0.141 e. The van der Waals surface area contributed by atoms with Gasteiger partial charge < -0.3 is 10.5 Å². The van der Waals surface area contributed by atoms with Crippen LogP contribution in [-0.4, -0.2) is 5.84 Å². The molecule has 0 fully saturated rings. The summed E-state index contributed by atoms with van der Waals surface area (Å²) in [5.74, 6) is 1.48. The zero-order valence-corrected chi connectivity index (χ0v) is 12.5. The van der Waals surface area contributed by atoms with Gasteiger partial charge in [-0.2, -0.15) is 0 Å². The molecule has 0 aliphatic rings. The SMILES string of the molecule is N=C(N)c1ccc(Oc2ccc(Br)cc2Br)cc1. The first-order valence-corrected chi connectivity index (χ1v) is 6.72. The fourth-order valence-electron chi connectivity index (χ4n) is 1.39. The lowest BCUT2D eigenvalue weighted by Crippen LogP contribution is -2.10. The van der Waals surface area contributed by atoms with Crippen molar-refractivity contribution in [3.63, 3.8) is 0 Å². The van der Waals surface area contributed by atoms with E-state index < -0.39 is 0 Å². The summed E-state index contributed by atoms with van der Waals surface area (Å²) in [6.45, 7) is 0. The van der Waals surface area contributed by atoms with Gasteiger partial charge in [-0.05, 0) is 58.4 Å². The summed E-state index contributed by atoms with van der Waals surface area (Å²) in [6, 6.07) is 12.8. The minimum atomic E-state index is 0.0476. The summed E-state index contributed by atoms with van der Waals surface area (Å²) in [5.41, 5.74) is 6.06. The van der Waals surface area contributed by atoms with Crippen LogP contribution in [0.3, 0.4) is 0 Å². The zero-order valence-electron chi connectivity index (χ0n) is 9.28. The Balaban J connectivity index is 2.21. The Kier molecular flexibility index (Phi) is 4.04. The van der Waals surface area contributed by atoms with Crippen molar-refractivity contribution in [2.24, 2.45) is 5.73 Å². The van der Waals surface area contributed by atoms with Crippen LogP contribution in [0.4, 0.5) is 0 Å². The molecule has 0 saturated heterocycles. The number of nitrogen functional groups attached to an aromatic ring is 1. The van der Waals surface area contributed by atoms with Crippen molar-refractivity contribution < 1.29 is 4.74 Å². The second kappa shape index (κ2) is 5.54. The van der Waals surface area contributed by atoms with Crippen LogP contribution < -0.4 is 10.5 Å². The van der Waals surface area contributed by atoms with Crippen molar-refractivity contribution in [1.29, 1.82) is 5.41 Å². The second-order valence-corrected chi connectivity index (χ2v) is 5.38. The molecule has 92 valence electrons. The average Bonchev–Trinajstić information content (AvgIpc) is 2.33. The topological polar surface area (TPSA) is 59.1 Å². The van der Waals surface area contributed by atoms with E-state index in [1.807, 2.05) is 18.2 Å². The largest absolute Gasteiger partial charge is 0.456 e. The maximum Gasteiger partial charge on any atom is 0.141 e. The van der Waals surface area contributed by atoms with Crippen LogP contribution in [0.5, 0.6) is 11.5 Å². The van der Waals surface area contributed by atoms with Crippen LogP contribution in [0.1, 0.15) is 5.56 Å². The van der Waals surface area contributed by atoms with Crippen molar-refractivity contribution in [3.05, 3.63) is 57.0 Å². The Morgan fingerprint density at radius 2 is 1.72 bits per heavy atom. The third kappa shape index (κ3) is 3.11. The number of nitrogens with one attached hydrogen (secondary N) is 1. The predicted octanol–water partition coefficient (Wildman–Crippen LogP) is 4.29. The van der Waals surface area contributed by atoms with E-state index in [9.17, 15) is 0 Å². The van der Waals surface area contributed by atoms with E-state index in [2.05, 4.69) is 31.9 Å². The van der Waals surface area contributed by atoms with E-state index >= 15 is 0 Å². The normalized spacial score (nSPS) is 10.1. The summed E-state index contributed by atoms with van der Waals surface area (Å²) in [7, 11) is 0. The second-order valence-electron chi connectivity index (χ2n) is 3.61. The molecule has 3 nitrogen and oxygen atoms in total. The number of hydrogen-bond acceptors (Lipinski definition) is 2. The van der Waals surface area contributed by atoms with E-state index in [1.54, 1.807) is 24.3 Å². The van der Waals surface area contributed by atoms with Gasteiger partial charge >= 0.3 is 0 Å². The van der Waals surface area contributed by atoms with Crippen molar-refractivity contribution in [3.8, 4) is 11.5 Å². The van der Waals surface area contributed by atoms with Crippen LogP contribution in [0.15, 0.2) is 51.4 Å². The first kappa shape index (κ1) is 13.1. The highest BCUT2D eigenvalue weighted by molar-refractivity contribution is 9.11. The first-order chi connectivity index (χ1) is 8.56. The Bertz CT molecular complexity index is 582. The van der Waals surface area contributed by atoms with Gasteiger partial charge in [-0.15, -0.1) is 0 Å². The maximum atomic E-state index is 7.31. The van der Waals surface area contributed by atoms with Gasteiger partial charge in [-0.25, -0.2) is 0 Å². The van der Waals surface area contributed by atoms with Crippen molar-refractivity contribution in [2.45, 2.75) is 0 Å². The van der Waals surface area contributed by atoms with Gasteiger partial charge in [0.15, 0.2) is 0 Å². The molecule has 5 heteroatoms. The minimum absolute atomic E-state index is 0.0476. The molecule has 0 bridgehead atoms. The average molecular weight is 370 g/mol. The molecule has 0 atom stereocenters. The molecule has 0 saturated carbocycles. The standard InChI is InChI=1S/C13H10Br2N2O/c14-9-3-6-12(11(15)7-9)18-10-4-1-8(2-5-10)13(16)17/h1-7H,(H3,16,17). The molecule has 0 radical (unpaired) electrons. The van der Waals surface area contributed by atoms with Gasteiger partial charge in [0, 0.05) is 10.0 Å². The fraction of sp³-hybridized carbons (Fsp3) is 0. The molecule has 0 unspecified atom stereocenters. The summed E-state index contributed by atoms with van der Waals surface area (Å²) < 4.78 is 7.57. The summed E-state index contributed by atoms with van der Waals surface area (Å²) in [4.78, 5) is 0. The number of rotatable bonds is 3. The van der Waals surface area contributed by atoms with Crippen LogP contribution in [-0.2, 0) is 0 Å². The molecule has 0 aromatic heterocycles. The molecule has 18 heavy (non-hydrogen) atoms. The van der Waals surface area contributed by atoms with E-state index in [1.165, 1.54) is 0 Å². The van der Waals surface area contributed by atoms with Crippen LogP contribution in [0.25, 0.3) is 0 Å². The van der Waals surface area contributed by atoms with E-state index in [0.29, 0.717) is 11.3 Å². The quantitative estimate of drug-likeness (QED) is 0.626. The van der Waals surface area contributed by atoms with Crippen molar-refractivity contribution in [2.75, 3.05) is 0 Å². The Hall–Kier alpha value is -1.33. The predicted molar refractivity (Wildman–Crippen MR) is 79.4 cm³/mol. The molecule has 2 rings (SSSR count). The zero-order chi connectivity index (χ0) is 13.1. The highest BCUT2D eigenvalue weighted by Crippen LogP contribution is 2.31. The number of ether oxygens (including phenoxy) is 1. The molecule has 0 aliphatic carbocycles. The molecule has 0 amide bonds. The molecule has 0 aliphatic heterocycles. The molecule has 0 heterocycles. The van der Waals surface area contributed by atoms with Crippen molar-refractivity contribution >= 4 is 37.7 Å². The van der Waals surface area contributed by atoms with E-state index in [0.717, 1.165) is 14.7 Å². The van der Waals surface area contributed by atoms with E-state index in [-0.39, 0.29) is 5.84 Å². The number of nitrogens with two attached hydrogens (primary N) is 1. The molecule has 2 aromatic rings. The van der Waals surface area contributed by atoms with E-state index in [4.69, 9.17) is 15.9 Å². The maximum absolute atomic E-state index is 7.31.